The van der Waals surface area contributed by atoms with E-state index >= 15 is 0 Å². The van der Waals surface area contributed by atoms with Gasteiger partial charge in [-0.15, -0.1) is 0 Å². The van der Waals surface area contributed by atoms with Crippen molar-refractivity contribution < 1.29 is 9.47 Å². The van der Waals surface area contributed by atoms with Crippen LogP contribution in [0.2, 0.25) is 0 Å². The fraction of sp³-hybridized carbons (Fsp3) is 0.517. The predicted octanol–water partition coefficient (Wildman–Crippen LogP) is 4.16. The zero-order valence-electron chi connectivity index (χ0n) is 22.8. The van der Waals surface area contributed by atoms with Crippen molar-refractivity contribution in [3.05, 3.63) is 41.6 Å². The van der Waals surface area contributed by atoms with Gasteiger partial charge in [0.15, 0.2) is 5.65 Å². The molecule has 10 heteroatoms. The summed E-state index contributed by atoms with van der Waals surface area (Å²) in [7, 11) is 0. The van der Waals surface area contributed by atoms with E-state index in [1.807, 2.05) is 11.4 Å². The zero-order chi connectivity index (χ0) is 26.3. The molecule has 3 fully saturated rings. The lowest BCUT2D eigenvalue weighted by molar-refractivity contribution is 0.122. The Bertz CT molecular complexity index is 1490. The third-order valence-electron chi connectivity index (χ3n) is 8.21. The number of aromatic nitrogens is 5. The first-order valence-corrected chi connectivity index (χ1v) is 14.3. The Balaban J connectivity index is 1.34. The van der Waals surface area contributed by atoms with Crippen molar-refractivity contribution >= 4 is 34.0 Å². The molecule has 3 saturated heterocycles. The van der Waals surface area contributed by atoms with Crippen LogP contribution in [0.4, 0.5) is 17.5 Å². The summed E-state index contributed by atoms with van der Waals surface area (Å²) >= 11 is 0. The Kier molecular flexibility index (Phi) is 6.34. The molecule has 6 heterocycles. The maximum Gasteiger partial charge on any atom is 0.318 e. The Labute approximate surface area is 228 Å². The fourth-order valence-electron chi connectivity index (χ4n) is 6.06. The van der Waals surface area contributed by atoms with Gasteiger partial charge in [0.2, 0.25) is 0 Å². The highest BCUT2D eigenvalue weighted by molar-refractivity contribution is 5.93. The van der Waals surface area contributed by atoms with Crippen LogP contribution in [-0.2, 0) is 4.74 Å². The van der Waals surface area contributed by atoms with Crippen LogP contribution in [0, 0.1) is 6.92 Å². The molecule has 3 aliphatic heterocycles. The average Bonchev–Trinajstić information content (AvgIpc) is 3.36. The number of ether oxygens (including phenoxy) is 2. The van der Waals surface area contributed by atoms with Crippen molar-refractivity contribution in [2.45, 2.75) is 45.6 Å². The molecule has 1 atom stereocenters. The minimum absolute atomic E-state index is 0.0950. The molecule has 0 bridgehead atoms. The number of fused-ring (bicyclic) bond motifs is 2. The molecule has 3 aromatic heterocycles. The summed E-state index contributed by atoms with van der Waals surface area (Å²) < 4.78 is 13.5. The van der Waals surface area contributed by atoms with E-state index in [0.717, 1.165) is 105 Å². The number of morpholine rings is 1. The minimum atomic E-state index is 0.0950. The highest BCUT2D eigenvalue weighted by Crippen LogP contribution is 2.39. The van der Waals surface area contributed by atoms with Crippen molar-refractivity contribution in [2.75, 3.05) is 67.2 Å². The molecule has 4 aromatic rings. The molecular formula is C29H36N8O2. The van der Waals surface area contributed by atoms with E-state index in [1.54, 1.807) is 0 Å². The number of hydrogen-bond donors (Lipinski definition) is 0. The van der Waals surface area contributed by atoms with Crippen LogP contribution in [0.25, 0.3) is 16.6 Å². The summed E-state index contributed by atoms with van der Waals surface area (Å²) in [5, 5.41) is 6.32. The third-order valence-corrected chi connectivity index (χ3v) is 8.21. The van der Waals surface area contributed by atoms with Gasteiger partial charge in [0, 0.05) is 50.2 Å². The highest BCUT2D eigenvalue weighted by Gasteiger charge is 2.31. The van der Waals surface area contributed by atoms with Gasteiger partial charge in [-0.05, 0) is 51.2 Å². The molecule has 0 spiro atoms. The molecule has 7 rings (SSSR count). The smallest absolute Gasteiger partial charge is 0.318 e. The number of anilines is 3. The second-order valence-electron chi connectivity index (χ2n) is 10.7. The molecule has 0 radical (unpaired) electrons. The lowest BCUT2D eigenvalue weighted by atomic mass is 9.98. The van der Waals surface area contributed by atoms with Crippen molar-refractivity contribution in [3.8, 4) is 6.01 Å². The van der Waals surface area contributed by atoms with E-state index in [0.29, 0.717) is 12.6 Å². The van der Waals surface area contributed by atoms with Gasteiger partial charge in [-0.25, -0.2) is 4.98 Å². The van der Waals surface area contributed by atoms with Crippen LogP contribution in [0.1, 0.15) is 49.9 Å². The van der Waals surface area contributed by atoms with Crippen molar-refractivity contribution in [1.82, 2.24) is 24.6 Å². The second kappa shape index (κ2) is 10.1. The Morgan fingerprint density at radius 2 is 1.82 bits per heavy atom. The number of rotatable bonds is 6. The first kappa shape index (κ1) is 24.4. The molecular weight excluding hydrogens is 492 g/mol. The SMILES string of the molecule is CCOc1nc(N2CCCCC2c2cc3nc(N4CCC4)cc(N4CCOCC4)n3n2)c2c(C)cccc2n1. The molecule has 0 aliphatic carbocycles. The van der Waals surface area contributed by atoms with Crippen molar-refractivity contribution in [2.24, 2.45) is 0 Å². The fourth-order valence-corrected chi connectivity index (χ4v) is 6.06. The third kappa shape index (κ3) is 4.40. The monoisotopic (exact) mass is 528 g/mol. The Morgan fingerprint density at radius 3 is 2.62 bits per heavy atom. The van der Waals surface area contributed by atoms with Gasteiger partial charge < -0.3 is 24.2 Å². The number of nitrogens with zero attached hydrogens (tertiary/aromatic N) is 8. The van der Waals surface area contributed by atoms with Gasteiger partial charge in [-0.3, -0.25) is 0 Å². The summed E-state index contributed by atoms with van der Waals surface area (Å²) in [5.41, 5.74) is 4.02. The summed E-state index contributed by atoms with van der Waals surface area (Å²) in [5.74, 6) is 3.08. The van der Waals surface area contributed by atoms with Crippen LogP contribution in [-0.4, -0.2) is 77.1 Å². The van der Waals surface area contributed by atoms with Crippen LogP contribution >= 0.6 is 0 Å². The summed E-state index contributed by atoms with van der Waals surface area (Å²) in [6, 6.07) is 11.2. The number of piperidine rings is 1. The highest BCUT2D eigenvalue weighted by atomic mass is 16.5. The second-order valence-corrected chi connectivity index (χ2v) is 10.7. The summed E-state index contributed by atoms with van der Waals surface area (Å²) in [6.07, 6.45) is 4.49. The molecule has 3 aliphatic rings. The van der Waals surface area contributed by atoms with Gasteiger partial charge in [0.25, 0.3) is 0 Å². The van der Waals surface area contributed by atoms with Crippen LogP contribution in [0.5, 0.6) is 6.01 Å². The molecule has 0 saturated carbocycles. The maximum absolute atomic E-state index is 5.81. The Hall–Kier alpha value is -3.66. The zero-order valence-corrected chi connectivity index (χ0v) is 22.8. The molecule has 1 aromatic carbocycles. The van der Waals surface area contributed by atoms with Crippen LogP contribution in [0.3, 0.4) is 0 Å². The molecule has 0 amide bonds. The van der Waals surface area contributed by atoms with Crippen molar-refractivity contribution in [3.63, 3.8) is 0 Å². The Morgan fingerprint density at radius 1 is 0.949 bits per heavy atom. The quantitative estimate of drug-likeness (QED) is 0.366. The summed E-state index contributed by atoms with van der Waals surface area (Å²) in [6.45, 7) is 10.8. The summed E-state index contributed by atoms with van der Waals surface area (Å²) in [4.78, 5) is 21.9. The van der Waals surface area contributed by atoms with E-state index in [1.165, 1.54) is 12.0 Å². The van der Waals surface area contributed by atoms with E-state index in [-0.39, 0.29) is 6.04 Å². The molecule has 204 valence electrons. The number of hydrogen-bond acceptors (Lipinski definition) is 9. The normalized spacial score (nSPS) is 20.1. The maximum atomic E-state index is 5.81. The molecule has 1 unspecified atom stereocenters. The van der Waals surface area contributed by atoms with Gasteiger partial charge in [0.1, 0.15) is 17.5 Å². The first-order valence-electron chi connectivity index (χ1n) is 14.3. The van der Waals surface area contributed by atoms with E-state index in [4.69, 9.17) is 29.5 Å². The predicted molar refractivity (Wildman–Crippen MR) is 152 cm³/mol. The lowest BCUT2D eigenvalue weighted by Crippen LogP contribution is -2.40. The molecule has 39 heavy (non-hydrogen) atoms. The minimum Gasteiger partial charge on any atom is -0.464 e. The topological polar surface area (TPSA) is 84.2 Å². The molecule has 10 nitrogen and oxygen atoms in total. The van der Waals surface area contributed by atoms with E-state index < -0.39 is 0 Å². The van der Waals surface area contributed by atoms with Gasteiger partial charge in [-0.1, -0.05) is 12.1 Å². The van der Waals surface area contributed by atoms with Crippen LogP contribution < -0.4 is 19.4 Å². The van der Waals surface area contributed by atoms with Crippen LogP contribution in [0.15, 0.2) is 30.3 Å². The van der Waals surface area contributed by atoms with Crippen molar-refractivity contribution in [1.29, 1.82) is 0 Å². The first-order chi connectivity index (χ1) is 19.2. The number of aryl methyl sites for hydroxylation is 1. The van der Waals surface area contributed by atoms with Gasteiger partial charge in [-0.2, -0.15) is 19.6 Å². The molecule has 0 N–H and O–H groups in total. The largest absolute Gasteiger partial charge is 0.464 e. The van der Waals surface area contributed by atoms with E-state index in [2.05, 4.69) is 52.0 Å². The standard InChI is InChI=1S/C29H36N8O2/c1-3-39-29-30-21-9-6-8-20(2)27(21)28(32-29)36-13-5-4-10-23(36)22-18-25-31-24(34-11-7-12-34)19-26(37(25)33-22)35-14-16-38-17-15-35/h6,8-9,18-19,23H,3-5,7,10-17H2,1-2H3. The number of benzene rings is 1. The van der Waals surface area contributed by atoms with Gasteiger partial charge in [0.05, 0.1) is 37.1 Å². The van der Waals surface area contributed by atoms with E-state index in [9.17, 15) is 0 Å². The van der Waals surface area contributed by atoms with Gasteiger partial charge >= 0.3 is 6.01 Å². The average molecular weight is 529 g/mol. The lowest BCUT2D eigenvalue weighted by Gasteiger charge is -2.36.